The first-order valence-electron chi connectivity index (χ1n) is 6.89. The number of nitrogens with one attached hydrogen (secondary N) is 1. The number of aryl methyl sites for hydroxylation is 1. The van der Waals surface area contributed by atoms with Gasteiger partial charge in [-0.1, -0.05) is 35.3 Å². The number of amides is 1. The van der Waals surface area contributed by atoms with Crippen LogP contribution in [0.25, 0.3) is 0 Å². The molecule has 1 amide bonds. The predicted octanol–water partition coefficient (Wildman–Crippen LogP) is 4.56. The Balaban J connectivity index is 1.88. The van der Waals surface area contributed by atoms with E-state index in [-0.39, 0.29) is 18.6 Å². The summed E-state index contributed by atoms with van der Waals surface area (Å²) < 4.78 is 5.47. The molecular weight excluding hydrogens is 321 g/mol. The minimum atomic E-state index is -0.194. The number of benzene rings is 2. The van der Waals surface area contributed by atoms with Gasteiger partial charge in [0.1, 0.15) is 5.75 Å². The molecule has 0 unspecified atom stereocenters. The third-order valence-corrected chi connectivity index (χ3v) is 3.88. The first-order valence-corrected chi connectivity index (χ1v) is 7.65. The van der Waals surface area contributed by atoms with Gasteiger partial charge in [0.2, 0.25) is 0 Å². The standard InChI is InChI=1S/C17H17Cl2NO2/c1-11-8-15(6-7-16(11)19)22-10-17(21)20-12(2)13-4-3-5-14(18)9-13/h3-9,12H,10H2,1-2H3,(H,20,21)/t12-/m0/s1. The van der Waals surface area contributed by atoms with Gasteiger partial charge in [-0.2, -0.15) is 0 Å². The largest absolute Gasteiger partial charge is 0.484 e. The van der Waals surface area contributed by atoms with Crippen molar-refractivity contribution >= 4 is 29.1 Å². The van der Waals surface area contributed by atoms with E-state index in [1.165, 1.54) is 0 Å². The molecule has 0 aliphatic rings. The molecule has 1 atom stereocenters. The van der Waals surface area contributed by atoms with Gasteiger partial charge < -0.3 is 10.1 Å². The van der Waals surface area contributed by atoms with Crippen molar-refractivity contribution < 1.29 is 9.53 Å². The molecule has 0 aromatic heterocycles. The fourth-order valence-electron chi connectivity index (χ4n) is 2.00. The van der Waals surface area contributed by atoms with E-state index >= 15 is 0 Å². The molecule has 2 rings (SSSR count). The number of ether oxygens (including phenoxy) is 1. The van der Waals surface area contributed by atoms with Crippen molar-refractivity contribution in [2.45, 2.75) is 19.9 Å². The molecule has 0 spiro atoms. The van der Waals surface area contributed by atoms with Gasteiger partial charge >= 0.3 is 0 Å². The smallest absolute Gasteiger partial charge is 0.258 e. The summed E-state index contributed by atoms with van der Waals surface area (Å²) in [5.74, 6) is 0.424. The molecule has 116 valence electrons. The summed E-state index contributed by atoms with van der Waals surface area (Å²) in [6.07, 6.45) is 0. The Labute approximate surface area is 140 Å². The molecule has 0 fully saturated rings. The van der Waals surface area contributed by atoms with Crippen LogP contribution in [0.4, 0.5) is 0 Å². The molecule has 0 heterocycles. The monoisotopic (exact) mass is 337 g/mol. The van der Waals surface area contributed by atoms with E-state index in [1.807, 2.05) is 32.0 Å². The number of rotatable bonds is 5. The highest BCUT2D eigenvalue weighted by Gasteiger charge is 2.10. The average Bonchev–Trinajstić information content (AvgIpc) is 2.48. The lowest BCUT2D eigenvalue weighted by molar-refractivity contribution is -0.123. The lowest BCUT2D eigenvalue weighted by Crippen LogP contribution is -2.31. The highest BCUT2D eigenvalue weighted by atomic mass is 35.5. The van der Waals surface area contributed by atoms with Crippen LogP contribution < -0.4 is 10.1 Å². The van der Waals surface area contributed by atoms with E-state index in [0.717, 1.165) is 11.1 Å². The number of halogens is 2. The number of hydrogen-bond donors (Lipinski definition) is 1. The summed E-state index contributed by atoms with van der Waals surface area (Å²) in [6.45, 7) is 3.73. The summed E-state index contributed by atoms with van der Waals surface area (Å²) >= 11 is 11.9. The summed E-state index contributed by atoms with van der Waals surface area (Å²) in [5.41, 5.74) is 1.86. The predicted molar refractivity (Wildman–Crippen MR) is 89.7 cm³/mol. The molecule has 2 aromatic rings. The maximum Gasteiger partial charge on any atom is 0.258 e. The molecule has 0 aliphatic carbocycles. The fraction of sp³-hybridized carbons (Fsp3) is 0.235. The molecule has 2 aromatic carbocycles. The van der Waals surface area contributed by atoms with Crippen LogP contribution in [0.3, 0.4) is 0 Å². The molecular formula is C17H17Cl2NO2. The number of carbonyl (C=O) groups excluding carboxylic acids is 1. The van der Waals surface area contributed by atoms with Gasteiger partial charge in [-0.3, -0.25) is 4.79 Å². The van der Waals surface area contributed by atoms with Crippen LogP contribution in [0.5, 0.6) is 5.75 Å². The summed E-state index contributed by atoms with van der Waals surface area (Å²) in [5, 5.41) is 4.19. The Morgan fingerprint density at radius 1 is 1.23 bits per heavy atom. The van der Waals surface area contributed by atoms with Crippen molar-refractivity contribution in [1.82, 2.24) is 5.32 Å². The average molecular weight is 338 g/mol. The Hall–Kier alpha value is -1.71. The van der Waals surface area contributed by atoms with Crippen molar-refractivity contribution in [3.63, 3.8) is 0 Å². The Kier molecular flexibility index (Phi) is 5.69. The quantitative estimate of drug-likeness (QED) is 0.868. The maximum atomic E-state index is 11.9. The van der Waals surface area contributed by atoms with Crippen LogP contribution in [-0.4, -0.2) is 12.5 Å². The number of carbonyl (C=O) groups is 1. The normalized spacial score (nSPS) is 11.8. The van der Waals surface area contributed by atoms with E-state index in [0.29, 0.717) is 15.8 Å². The van der Waals surface area contributed by atoms with Gasteiger partial charge in [0, 0.05) is 10.0 Å². The van der Waals surface area contributed by atoms with Crippen LogP contribution in [0.2, 0.25) is 10.0 Å². The lowest BCUT2D eigenvalue weighted by atomic mass is 10.1. The van der Waals surface area contributed by atoms with Crippen molar-refractivity contribution in [3.8, 4) is 5.75 Å². The van der Waals surface area contributed by atoms with Gasteiger partial charge in [0.25, 0.3) is 5.91 Å². The van der Waals surface area contributed by atoms with E-state index in [2.05, 4.69) is 5.32 Å². The second kappa shape index (κ2) is 7.52. The lowest BCUT2D eigenvalue weighted by Gasteiger charge is -2.15. The zero-order valence-corrected chi connectivity index (χ0v) is 13.9. The van der Waals surface area contributed by atoms with Gasteiger partial charge in [-0.15, -0.1) is 0 Å². The Bertz CT molecular complexity index is 673. The topological polar surface area (TPSA) is 38.3 Å². The van der Waals surface area contributed by atoms with Gasteiger partial charge in [-0.05, 0) is 55.3 Å². The highest BCUT2D eigenvalue weighted by Crippen LogP contribution is 2.21. The summed E-state index contributed by atoms with van der Waals surface area (Å²) in [7, 11) is 0. The number of hydrogen-bond acceptors (Lipinski definition) is 2. The van der Waals surface area contributed by atoms with Gasteiger partial charge in [0.15, 0.2) is 6.61 Å². The zero-order chi connectivity index (χ0) is 16.1. The van der Waals surface area contributed by atoms with Gasteiger partial charge in [0.05, 0.1) is 6.04 Å². The molecule has 0 radical (unpaired) electrons. The van der Waals surface area contributed by atoms with Crippen molar-refractivity contribution in [1.29, 1.82) is 0 Å². The first kappa shape index (κ1) is 16.7. The molecule has 0 saturated heterocycles. The molecule has 3 nitrogen and oxygen atoms in total. The van der Waals surface area contributed by atoms with Crippen molar-refractivity contribution in [2.75, 3.05) is 6.61 Å². The molecule has 22 heavy (non-hydrogen) atoms. The fourth-order valence-corrected chi connectivity index (χ4v) is 2.31. The van der Waals surface area contributed by atoms with Crippen LogP contribution in [-0.2, 0) is 4.79 Å². The van der Waals surface area contributed by atoms with E-state index in [4.69, 9.17) is 27.9 Å². The zero-order valence-electron chi connectivity index (χ0n) is 12.4. The summed E-state index contributed by atoms with van der Waals surface area (Å²) in [4.78, 5) is 11.9. The highest BCUT2D eigenvalue weighted by molar-refractivity contribution is 6.31. The minimum Gasteiger partial charge on any atom is -0.484 e. The van der Waals surface area contributed by atoms with Gasteiger partial charge in [-0.25, -0.2) is 0 Å². The third kappa shape index (κ3) is 4.65. The Morgan fingerprint density at radius 3 is 2.68 bits per heavy atom. The third-order valence-electron chi connectivity index (χ3n) is 3.23. The molecule has 0 aliphatic heterocycles. The molecule has 5 heteroatoms. The van der Waals surface area contributed by atoms with Crippen LogP contribution in [0.15, 0.2) is 42.5 Å². The molecule has 1 N–H and O–H groups in total. The van der Waals surface area contributed by atoms with E-state index in [1.54, 1.807) is 24.3 Å². The van der Waals surface area contributed by atoms with Crippen LogP contribution in [0, 0.1) is 6.92 Å². The summed E-state index contributed by atoms with van der Waals surface area (Å²) in [6, 6.07) is 12.6. The van der Waals surface area contributed by atoms with Crippen LogP contribution >= 0.6 is 23.2 Å². The van der Waals surface area contributed by atoms with E-state index in [9.17, 15) is 4.79 Å². The molecule has 0 saturated carbocycles. The second-order valence-corrected chi connectivity index (χ2v) is 5.89. The molecule has 0 bridgehead atoms. The Morgan fingerprint density at radius 2 is 2.00 bits per heavy atom. The van der Waals surface area contributed by atoms with Crippen LogP contribution in [0.1, 0.15) is 24.1 Å². The first-order chi connectivity index (χ1) is 10.5. The second-order valence-electron chi connectivity index (χ2n) is 5.04. The maximum absolute atomic E-state index is 11.9. The van der Waals surface area contributed by atoms with Crippen molar-refractivity contribution in [3.05, 3.63) is 63.6 Å². The van der Waals surface area contributed by atoms with E-state index < -0.39 is 0 Å². The van der Waals surface area contributed by atoms with Crippen molar-refractivity contribution in [2.24, 2.45) is 0 Å². The minimum absolute atomic E-state index is 0.0496. The SMILES string of the molecule is Cc1cc(OCC(=O)N[C@@H](C)c2cccc(Cl)c2)ccc1Cl.